The average molecular weight is 896 g/mol. The lowest BCUT2D eigenvalue weighted by Crippen LogP contribution is -2.23. The predicted molar refractivity (Wildman–Crippen MR) is 272 cm³/mol. The van der Waals surface area contributed by atoms with Crippen LogP contribution in [0.25, 0.3) is 0 Å². The van der Waals surface area contributed by atoms with Gasteiger partial charge in [-0.1, -0.05) is 160 Å². The van der Waals surface area contributed by atoms with E-state index in [4.69, 9.17) is 14.2 Å². The molecule has 2 atom stereocenters. The number of benzene rings is 5. The monoisotopic (exact) mass is 896 g/mol. The van der Waals surface area contributed by atoms with Crippen molar-refractivity contribution in [3.63, 3.8) is 0 Å². The van der Waals surface area contributed by atoms with Gasteiger partial charge in [-0.25, -0.2) is 0 Å². The summed E-state index contributed by atoms with van der Waals surface area (Å²) in [6, 6.07) is 40.2. The highest BCUT2D eigenvalue weighted by Crippen LogP contribution is 2.31. The predicted octanol–water partition coefficient (Wildman–Crippen LogP) is 14.7. The van der Waals surface area contributed by atoms with Gasteiger partial charge in [-0.15, -0.1) is 0 Å². The van der Waals surface area contributed by atoms with Crippen LogP contribution in [0.15, 0.2) is 121 Å². The summed E-state index contributed by atoms with van der Waals surface area (Å²) in [5, 5.41) is 12.9. The van der Waals surface area contributed by atoms with Crippen LogP contribution in [0.5, 0.6) is 17.2 Å². The van der Waals surface area contributed by atoms with E-state index in [1.807, 2.05) is 84.9 Å². The first-order valence-electron chi connectivity index (χ1n) is 24.5. The fourth-order valence-electron chi connectivity index (χ4n) is 8.16. The van der Waals surface area contributed by atoms with E-state index in [0.717, 1.165) is 84.1 Å². The number of aliphatic carboxylic acids is 1. The maximum atomic E-state index is 13.7. The van der Waals surface area contributed by atoms with E-state index in [-0.39, 0.29) is 22.7 Å². The molecule has 0 bridgehead atoms. The lowest BCUT2D eigenvalue weighted by Gasteiger charge is -2.22. The molecule has 7 nitrogen and oxygen atoms in total. The van der Waals surface area contributed by atoms with E-state index >= 15 is 0 Å². The van der Waals surface area contributed by atoms with E-state index < -0.39 is 11.9 Å². The maximum absolute atomic E-state index is 13.7. The summed E-state index contributed by atoms with van der Waals surface area (Å²) in [5.74, 6) is 1.57. The number of amides is 1. The van der Waals surface area contributed by atoms with Gasteiger partial charge in [0.2, 0.25) is 5.91 Å². The summed E-state index contributed by atoms with van der Waals surface area (Å²) in [7, 11) is 0. The van der Waals surface area contributed by atoms with Gasteiger partial charge in [0, 0.05) is 5.69 Å². The molecular weight excluding hydrogens is 819 g/mol. The SMILES string of the molecule is CCCCOc1ccc(CC(C(=O)Nc2ccc(OCC3CCCCC3)cc2)c2ccc(C(C)(C)C)cc2)cc1.CCCCOc1ccc(CC(C(=O)O)c2ccc(C(C)(C)C)cc2)cc1. The fraction of sp³-hybridized carbons (Fsp3) is 0.458. The van der Waals surface area contributed by atoms with E-state index in [0.29, 0.717) is 25.4 Å². The van der Waals surface area contributed by atoms with Crippen LogP contribution >= 0.6 is 0 Å². The second-order valence-electron chi connectivity index (χ2n) is 20.1. The van der Waals surface area contributed by atoms with E-state index in [9.17, 15) is 14.7 Å². The Morgan fingerprint density at radius 3 is 1.39 bits per heavy atom. The summed E-state index contributed by atoms with van der Waals surface area (Å²) in [6.07, 6.45) is 11.9. The van der Waals surface area contributed by atoms with Gasteiger partial charge in [0.15, 0.2) is 0 Å². The van der Waals surface area contributed by atoms with Crippen LogP contribution in [-0.2, 0) is 33.3 Å². The number of hydrogen-bond acceptors (Lipinski definition) is 5. The van der Waals surface area contributed by atoms with Gasteiger partial charge in [-0.05, 0) is 137 Å². The number of carboxylic acids is 1. The van der Waals surface area contributed by atoms with Gasteiger partial charge in [0.1, 0.15) is 17.2 Å². The van der Waals surface area contributed by atoms with Crippen molar-refractivity contribution in [2.45, 2.75) is 149 Å². The Balaban J connectivity index is 0.000000272. The molecule has 5 aromatic carbocycles. The Morgan fingerprint density at radius 2 is 0.970 bits per heavy atom. The number of ether oxygens (including phenoxy) is 3. The molecule has 0 radical (unpaired) electrons. The van der Waals surface area contributed by atoms with Gasteiger partial charge >= 0.3 is 5.97 Å². The van der Waals surface area contributed by atoms with Crippen molar-refractivity contribution in [3.8, 4) is 17.2 Å². The van der Waals surface area contributed by atoms with Crippen molar-refractivity contribution in [1.29, 1.82) is 0 Å². The molecule has 1 saturated carbocycles. The summed E-state index contributed by atoms with van der Waals surface area (Å²) in [5.41, 5.74) is 7.33. The first-order valence-corrected chi connectivity index (χ1v) is 24.5. The molecule has 1 amide bonds. The lowest BCUT2D eigenvalue weighted by molar-refractivity contribution is -0.138. The van der Waals surface area contributed by atoms with Gasteiger partial charge in [-0.2, -0.15) is 0 Å². The zero-order valence-electron chi connectivity index (χ0n) is 41.2. The molecule has 0 heterocycles. The molecule has 2 unspecified atom stereocenters. The number of hydrogen-bond donors (Lipinski definition) is 2. The van der Waals surface area contributed by atoms with Crippen LogP contribution in [0.2, 0.25) is 0 Å². The van der Waals surface area contributed by atoms with Crippen molar-refractivity contribution in [2.24, 2.45) is 5.92 Å². The number of carboxylic acid groups (broad SMARTS) is 1. The van der Waals surface area contributed by atoms with Crippen LogP contribution in [0.3, 0.4) is 0 Å². The highest BCUT2D eigenvalue weighted by atomic mass is 16.5. The Hall–Kier alpha value is -5.56. The topological polar surface area (TPSA) is 94.1 Å². The summed E-state index contributed by atoms with van der Waals surface area (Å²) in [6.45, 7) is 19.6. The minimum Gasteiger partial charge on any atom is -0.494 e. The Labute approximate surface area is 396 Å². The number of carbonyl (C=O) groups excluding carboxylic acids is 1. The zero-order chi connectivity index (χ0) is 47.5. The molecule has 5 aromatic rings. The number of anilines is 1. The van der Waals surface area contributed by atoms with Gasteiger partial charge in [0.05, 0.1) is 31.7 Å². The second-order valence-corrected chi connectivity index (χ2v) is 20.1. The Bertz CT molecular complexity index is 2180. The normalized spacial score (nSPS) is 14.0. The molecule has 2 N–H and O–H groups in total. The average Bonchev–Trinajstić information content (AvgIpc) is 3.31. The lowest BCUT2D eigenvalue weighted by atomic mass is 9.84. The molecule has 354 valence electrons. The van der Waals surface area contributed by atoms with Gasteiger partial charge in [-0.3, -0.25) is 9.59 Å². The van der Waals surface area contributed by atoms with E-state index in [1.54, 1.807) is 0 Å². The van der Waals surface area contributed by atoms with E-state index in [2.05, 4.69) is 97.1 Å². The molecule has 1 aliphatic carbocycles. The molecule has 0 aromatic heterocycles. The van der Waals surface area contributed by atoms with Crippen molar-refractivity contribution < 1.29 is 28.9 Å². The zero-order valence-corrected chi connectivity index (χ0v) is 41.2. The van der Waals surface area contributed by atoms with Crippen LogP contribution in [0.1, 0.15) is 158 Å². The first-order chi connectivity index (χ1) is 31.6. The number of carbonyl (C=O) groups is 2. The minimum absolute atomic E-state index is 0.0114. The molecule has 1 aliphatic rings. The highest BCUT2D eigenvalue weighted by molar-refractivity contribution is 5.96. The smallest absolute Gasteiger partial charge is 0.311 e. The van der Waals surface area contributed by atoms with Crippen molar-refractivity contribution >= 4 is 17.6 Å². The standard InChI is InChI=1S/C36H47NO3.C23H30O3/c1-5-6-24-39-32-20-12-27(13-21-32)25-34(29-14-16-30(17-15-29)36(2,3)4)35(38)37-31-18-22-33(23-19-31)40-26-28-10-8-7-9-11-28;1-5-6-15-26-20-13-7-17(8-14-20)16-21(22(24)25)18-9-11-19(12-10-18)23(2,3)4/h12-23,28,34H,5-11,24-26H2,1-4H3,(H,37,38);7-14,21H,5-6,15-16H2,1-4H3,(H,24,25). The van der Waals surface area contributed by atoms with Crippen molar-refractivity contribution in [2.75, 3.05) is 25.1 Å². The van der Waals surface area contributed by atoms with Crippen LogP contribution in [-0.4, -0.2) is 36.8 Å². The van der Waals surface area contributed by atoms with Gasteiger partial charge < -0.3 is 24.6 Å². The summed E-state index contributed by atoms with van der Waals surface area (Å²) >= 11 is 0. The van der Waals surface area contributed by atoms with Crippen molar-refractivity contribution in [1.82, 2.24) is 0 Å². The molecule has 66 heavy (non-hydrogen) atoms. The molecule has 0 aliphatic heterocycles. The van der Waals surface area contributed by atoms with Crippen molar-refractivity contribution in [3.05, 3.63) is 155 Å². The minimum atomic E-state index is -0.795. The third-order valence-electron chi connectivity index (χ3n) is 12.6. The van der Waals surface area contributed by atoms with Crippen LogP contribution in [0, 0.1) is 5.92 Å². The third-order valence-corrected chi connectivity index (χ3v) is 12.6. The molecular formula is C59H77NO6. The maximum Gasteiger partial charge on any atom is 0.311 e. The Morgan fingerprint density at radius 1 is 0.561 bits per heavy atom. The highest BCUT2D eigenvalue weighted by Gasteiger charge is 2.24. The van der Waals surface area contributed by atoms with Gasteiger partial charge in [0.25, 0.3) is 0 Å². The largest absolute Gasteiger partial charge is 0.494 e. The molecule has 0 saturated heterocycles. The van der Waals surface area contributed by atoms with E-state index in [1.165, 1.54) is 43.2 Å². The number of rotatable bonds is 20. The second kappa shape index (κ2) is 25.4. The summed E-state index contributed by atoms with van der Waals surface area (Å²) in [4.78, 5) is 25.5. The fourth-order valence-corrected chi connectivity index (χ4v) is 8.16. The first kappa shape index (κ1) is 51.4. The molecule has 0 spiro atoms. The number of unbranched alkanes of at least 4 members (excludes halogenated alkanes) is 2. The molecule has 7 heteroatoms. The third kappa shape index (κ3) is 16.7. The quantitative estimate of drug-likeness (QED) is 0.0756. The molecule has 1 fully saturated rings. The molecule has 6 rings (SSSR count). The Kier molecular flexibility index (Phi) is 19.8. The van der Waals surface area contributed by atoms with Crippen LogP contribution < -0.4 is 19.5 Å². The number of nitrogens with one attached hydrogen (secondary N) is 1. The summed E-state index contributed by atoms with van der Waals surface area (Å²) < 4.78 is 17.6. The van der Waals surface area contributed by atoms with Crippen LogP contribution in [0.4, 0.5) is 5.69 Å².